The number of nitrogens with one attached hydrogen (secondary N) is 2. The third-order valence-electron chi connectivity index (χ3n) is 3.36. The molecule has 0 heterocycles. The number of rotatable bonds is 12. The van der Waals surface area contributed by atoms with Gasteiger partial charge in [0.25, 0.3) is 0 Å². The predicted molar refractivity (Wildman–Crippen MR) is 96.0 cm³/mol. The molecule has 0 aliphatic heterocycles. The highest BCUT2D eigenvalue weighted by Gasteiger charge is 1.98. The molecule has 1 aromatic rings. The Balaban J connectivity index is 2.18. The standard InChI is InChI=1S/C18H30FN3O2/c1-3-20-18(21-11-4-5-13-24-15-14-23-2)22-12-10-16-6-8-17(19)9-7-16/h6-9H,3-5,10-15H2,1-2H3,(H2,20,21,22). The molecule has 0 saturated heterocycles. The summed E-state index contributed by atoms with van der Waals surface area (Å²) in [6.07, 6.45) is 2.81. The number of hydrogen-bond donors (Lipinski definition) is 2. The summed E-state index contributed by atoms with van der Waals surface area (Å²) in [5, 5.41) is 6.53. The van der Waals surface area contributed by atoms with Crippen LogP contribution >= 0.6 is 0 Å². The molecule has 0 bridgehead atoms. The molecule has 0 unspecified atom stereocenters. The molecular weight excluding hydrogens is 309 g/mol. The van der Waals surface area contributed by atoms with E-state index in [4.69, 9.17) is 9.47 Å². The third-order valence-corrected chi connectivity index (χ3v) is 3.36. The van der Waals surface area contributed by atoms with Gasteiger partial charge in [0.05, 0.1) is 13.2 Å². The molecule has 0 aliphatic rings. The number of guanidine groups is 1. The summed E-state index contributed by atoms with van der Waals surface area (Å²) in [7, 11) is 1.67. The van der Waals surface area contributed by atoms with Crippen molar-refractivity contribution >= 4 is 5.96 Å². The van der Waals surface area contributed by atoms with E-state index < -0.39 is 0 Å². The van der Waals surface area contributed by atoms with E-state index in [1.807, 2.05) is 19.1 Å². The Bertz CT molecular complexity index is 452. The average Bonchev–Trinajstić information content (AvgIpc) is 2.59. The van der Waals surface area contributed by atoms with Gasteiger partial charge in [-0.1, -0.05) is 12.1 Å². The van der Waals surface area contributed by atoms with Crippen LogP contribution in [0.3, 0.4) is 0 Å². The molecule has 0 saturated carbocycles. The Hall–Kier alpha value is -1.66. The van der Waals surface area contributed by atoms with Gasteiger partial charge in [-0.2, -0.15) is 0 Å². The second-order valence-corrected chi connectivity index (χ2v) is 5.38. The molecule has 6 heteroatoms. The van der Waals surface area contributed by atoms with E-state index in [1.165, 1.54) is 12.1 Å². The van der Waals surface area contributed by atoms with Crippen molar-refractivity contribution in [2.24, 2.45) is 4.99 Å². The van der Waals surface area contributed by atoms with E-state index in [1.54, 1.807) is 7.11 Å². The lowest BCUT2D eigenvalue weighted by Crippen LogP contribution is -2.38. The average molecular weight is 339 g/mol. The van der Waals surface area contributed by atoms with Crippen molar-refractivity contribution in [1.29, 1.82) is 0 Å². The number of ether oxygens (including phenoxy) is 2. The van der Waals surface area contributed by atoms with E-state index in [-0.39, 0.29) is 5.82 Å². The monoisotopic (exact) mass is 339 g/mol. The molecule has 0 spiro atoms. The van der Waals surface area contributed by atoms with Gasteiger partial charge < -0.3 is 20.1 Å². The summed E-state index contributed by atoms with van der Waals surface area (Å²) in [5.41, 5.74) is 1.10. The Kier molecular flexibility index (Phi) is 11.7. The molecule has 136 valence electrons. The van der Waals surface area contributed by atoms with Gasteiger partial charge in [0, 0.05) is 33.4 Å². The van der Waals surface area contributed by atoms with E-state index >= 15 is 0 Å². The van der Waals surface area contributed by atoms with Crippen LogP contribution in [0.25, 0.3) is 0 Å². The van der Waals surface area contributed by atoms with Crippen LogP contribution in [0, 0.1) is 5.82 Å². The van der Waals surface area contributed by atoms with Crippen LogP contribution in [0.2, 0.25) is 0 Å². The van der Waals surface area contributed by atoms with Crippen LogP contribution in [0.5, 0.6) is 0 Å². The van der Waals surface area contributed by atoms with E-state index in [2.05, 4.69) is 15.6 Å². The maximum atomic E-state index is 12.9. The maximum Gasteiger partial charge on any atom is 0.191 e. The van der Waals surface area contributed by atoms with Crippen LogP contribution in [0.15, 0.2) is 29.3 Å². The summed E-state index contributed by atoms with van der Waals surface area (Å²) in [5.74, 6) is 0.618. The maximum absolute atomic E-state index is 12.9. The Morgan fingerprint density at radius 1 is 1.08 bits per heavy atom. The number of halogens is 1. The fourth-order valence-corrected chi connectivity index (χ4v) is 2.07. The number of benzene rings is 1. The largest absolute Gasteiger partial charge is 0.382 e. The summed E-state index contributed by atoms with van der Waals surface area (Å²) in [6, 6.07) is 6.60. The fraction of sp³-hybridized carbons (Fsp3) is 0.611. The van der Waals surface area contributed by atoms with Gasteiger partial charge in [0.2, 0.25) is 0 Å². The molecule has 5 nitrogen and oxygen atoms in total. The molecule has 2 N–H and O–H groups in total. The number of methoxy groups -OCH3 is 1. The Morgan fingerprint density at radius 2 is 1.88 bits per heavy atom. The first-order valence-corrected chi connectivity index (χ1v) is 8.59. The fourth-order valence-electron chi connectivity index (χ4n) is 2.07. The smallest absolute Gasteiger partial charge is 0.191 e. The first kappa shape index (κ1) is 20.4. The van der Waals surface area contributed by atoms with Gasteiger partial charge in [0.15, 0.2) is 5.96 Å². The third kappa shape index (κ3) is 10.2. The van der Waals surface area contributed by atoms with Crippen LogP contribution in [0.1, 0.15) is 25.3 Å². The molecule has 0 aromatic heterocycles. The summed E-state index contributed by atoms with van der Waals surface area (Å²) in [4.78, 5) is 4.55. The topological polar surface area (TPSA) is 54.9 Å². The molecule has 0 atom stereocenters. The van der Waals surface area contributed by atoms with Gasteiger partial charge in [-0.15, -0.1) is 0 Å². The number of aliphatic imine (C=N–C) groups is 1. The normalized spacial score (nSPS) is 11.5. The molecule has 0 aliphatic carbocycles. The van der Waals surface area contributed by atoms with Crippen molar-refractivity contribution < 1.29 is 13.9 Å². The molecule has 1 rings (SSSR count). The molecule has 1 aromatic carbocycles. The molecule has 24 heavy (non-hydrogen) atoms. The zero-order valence-electron chi connectivity index (χ0n) is 14.8. The number of hydrogen-bond acceptors (Lipinski definition) is 3. The Morgan fingerprint density at radius 3 is 2.58 bits per heavy atom. The van der Waals surface area contributed by atoms with E-state index in [0.717, 1.165) is 57.0 Å². The number of nitrogens with zero attached hydrogens (tertiary/aromatic N) is 1. The summed E-state index contributed by atoms with van der Waals surface area (Å²) < 4.78 is 23.2. The second-order valence-electron chi connectivity index (χ2n) is 5.38. The quantitative estimate of drug-likeness (QED) is 0.349. The molecule has 0 radical (unpaired) electrons. The summed E-state index contributed by atoms with van der Waals surface area (Å²) >= 11 is 0. The Labute approximate surface area is 144 Å². The van der Waals surface area contributed by atoms with Gasteiger partial charge in [0.1, 0.15) is 5.82 Å². The minimum atomic E-state index is -0.201. The van der Waals surface area contributed by atoms with Crippen molar-refractivity contribution in [2.45, 2.75) is 26.2 Å². The highest BCUT2D eigenvalue weighted by atomic mass is 19.1. The van der Waals surface area contributed by atoms with Gasteiger partial charge in [-0.25, -0.2) is 4.39 Å². The molecular formula is C18H30FN3O2. The van der Waals surface area contributed by atoms with E-state index in [9.17, 15) is 4.39 Å². The van der Waals surface area contributed by atoms with Crippen molar-refractivity contribution in [2.75, 3.05) is 46.6 Å². The lowest BCUT2D eigenvalue weighted by molar-refractivity contribution is 0.0690. The van der Waals surface area contributed by atoms with Crippen molar-refractivity contribution in [3.8, 4) is 0 Å². The minimum Gasteiger partial charge on any atom is -0.382 e. The molecule has 0 amide bonds. The van der Waals surface area contributed by atoms with Crippen LogP contribution < -0.4 is 10.6 Å². The second kappa shape index (κ2) is 13.7. The number of unbranched alkanes of at least 4 members (excludes halogenated alkanes) is 1. The van der Waals surface area contributed by atoms with Crippen LogP contribution in [0.4, 0.5) is 4.39 Å². The van der Waals surface area contributed by atoms with E-state index in [0.29, 0.717) is 13.2 Å². The lowest BCUT2D eigenvalue weighted by Gasteiger charge is -2.11. The first-order valence-electron chi connectivity index (χ1n) is 8.59. The van der Waals surface area contributed by atoms with Crippen molar-refractivity contribution in [3.05, 3.63) is 35.6 Å². The lowest BCUT2D eigenvalue weighted by atomic mass is 10.1. The van der Waals surface area contributed by atoms with Crippen molar-refractivity contribution in [3.63, 3.8) is 0 Å². The zero-order chi connectivity index (χ0) is 17.5. The van der Waals surface area contributed by atoms with Crippen LogP contribution in [-0.4, -0.2) is 52.5 Å². The van der Waals surface area contributed by atoms with Gasteiger partial charge in [-0.05, 0) is 43.9 Å². The first-order chi connectivity index (χ1) is 11.8. The van der Waals surface area contributed by atoms with Gasteiger partial charge >= 0.3 is 0 Å². The highest BCUT2D eigenvalue weighted by molar-refractivity contribution is 5.79. The summed E-state index contributed by atoms with van der Waals surface area (Å²) in [6.45, 7) is 6.42. The molecule has 0 fully saturated rings. The zero-order valence-corrected chi connectivity index (χ0v) is 14.8. The van der Waals surface area contributed by atoms with Crippen LogP contribution in [-0.2, 0) is 15.9 Å². The SMILES string of the molecule is CCNC(=NCCCCOCCOC)NCCc1ccc(F)cc1. The predicted octanol–water partition coefficient (Wildman–Crippen LogP) is 2.37. The van der Waals surface area contributed by atoms with Gasteiger partial charge in [-0.3, -0.25) is 4.99 Å². The van der Waals surface area contributed by atoms with Crippen molar-refractivity contribution in [1.82, 2.24) is 10.6 Å². The highest BCUT2D eigenvalue weighted by Crippen LogP contribution is 2.02. The minimum absolute atomic E-state index is 0.201.